The van der Waals surface area contributed by atoms with Crippen molar-refractivity contribution in [3.05, 3.63) is 12.2 Å². The Hall–Kier alpha value is -0.830. The highest BCUT2D eigenvalue weighted by Crippen LogP contribution is 2.25. The highest BCUT2D eigenvalue weighted by Gasteiger charge is 2.30. The van der Waals surface area contributed by atoms with Gasteiger partial charge < -0.3 is 10.0 Å². The number of hydrogen-bond donors (Lipinski definition) is 1. The van der Waals surface area contributed by atoms with Gasteiger partial charge in [0.1, 0.15) is 0 Å². The molecule has 0 bridgehead atoms. The molecule has 15 heavy (non-hydrogen) atoms. The molecule has 1 heterocycles. The second-order valence-corrected chi connectivity index (χ2v) is 4.50. The number of amides is 1. The van der Waals surface area contributed by atoms with Crippen molar-refractivity contribution in [2.75, 3.05) is 13.2 Å². The third-order valence-electron chi connectivity index (χ3n) is 3.48. The first kappa shape index (κ1) is 10.7. The molecule has 0 saturated carbocycles. The van der Waals surface area contributed by atoms with Gasteiger partial charge in [0.15, 0.2) is 0 Å². The van der Waals surface area contributed by atoms with Crippen LogP contribution in [0.1, 0.15) is 32.1 Å². The average Bonchev–Trinajstić information content (AvgIpc) is 2.81. The average molecular weight is 209 g/mol. The van der Waals surface area contributed by atoms with Crippen LogP contribution in [0.4, 0.5) is 0 Å². The minimum Gasteiger partial charge on any atom is -0.394 e. The quantitative estimate of drug-likeness (QED) is 0.697. The maximum Gasteiger partial charge on any atom is 0.226 e. The summed E-state index contributed by atoms with van der Waals surface area (Å²) < 4.78 is 0. The van der Waals surface area contributed by atoms with E-state index in [9.17, 15) is 9.90 Å². The lowest BCUT2D eigenvalue weighted by atomic mass is 9.98. The van der Waals surface area contributed by atoms with Crippen molar-refractivity contribution in [1.29, 1.82) is 0 Å². The third-order valence-corrected chi connectivity index (χ3v) is 3.48. The van der Waals surface area contributed by atoms with Crippen molar-refractivity contribution >= 4 is 5.91 Å². The molecule has 0 radical (unpaired) electrons. The Morgan fingerprint density at radius 3 is 2.73 bits per heavy atom. The topological polar surface area (TPSA) is 40.5 Å². The molecule has 84 valence electrons. The molecule has 1 N–H and O–H groups in total. The summed E-state index contributed by atoms with van der Waals surface area (Å²) in [5, 5.41) is 9.24. The van der Waals surface area contributed by atoms with Gasteiger partial charge >= 0.3 is 0 Å². The van der Waals surface area contributed by atoms with Crippen LogP contribution in [0.2, 0.25) is 0 Å². The third kappa shape index (κ3) is 2.23. The normalized spacial score (nSPS) is 27.3. The van der Waals surface area contributed by atoms with Crippen molar-refractivity contribution < 1.29 is 9.90 Å². The number of allylic oxidation sites excluding steroid dienone is 2. The number of carbonyl (C=O) groups is 1. The lowest BCUT2D eigenvalue weighted by molar-refractivity contribution is -0.140. The van der Waals surface area contributed by atoms with E-state index in [1.807, 2.05) is 4.90 Å². The second kappa shape index (κ2) is 4.79. The highest BCUT2D eigenvalue weighted by molar-refractivity contribution is 5.80. The van der Waals surface area contributed by atoms with Crippen molar-refractivity contribution in [3.8, 4) is 0 Å². The molecule has 1 aliphatic carbocycles. The van der Waals surface area contributed by atoms with Crippen molar-refractivity contribution in [1.82, 2.24) is 4.90 Å². The molecule has 1 amide bonds. The molecule has 3 nitrogen and oxygen atoms in total. The fraction of sp³-hybridized carbons (Fsp3) is 0.750. The molecule has 0 aromatic heterocycles. The first-order valence-corrected chi connectivity index (χ1v) is 5.89. The minimum absolute atomic E-state index is 0.0758. The standard InChI is InChI=1S/C12H19NO2/c14-9-11-7-3-4-8-13(11)12(15)10-5-1-2-6-10/h1-2,10-11,14H,3-9H2. The molecule has 2 aliphatic rings. The Labute approximate surface area is 90.8 Å². The number of nitrogens with zero attached hydrogens (tertiary/aromatic N) is 1. The van der Waals surface area contributed by atoms with Gasteiger partial charge in [-0.05, 0) is 32.1 Å². The number of rotatable bonds is 2. The minimum atomic E-state index is 0.0758. The Bertz CT molecular complexity index is 254. The van der Waals surface area contributed by atoms with E-state index >= 15 is 0 Å². The first-order chi connectivity index (χ1) is 7.33. The number of piperidine rings is 1. The predicted octanol–water partition coefficient (Wildman–Crippen LogP) is 1.33. The molecule has 1 fully saturated rings. The van der Waals surface area contributed by atoms with Crippen LogP contribution in [-0.2, 0) is 4.79 Å². The zero-order valence-corrected chi connectivity index (χ0v) is 9.06. The zero-order valence-electron chi connectivity index (χ0n) is 9.06. The van der Waals surface area contributed by atoms with Gasteiger partial charge in [0.05, 0.1) is 12.6 Å². The fourth-order valence-electron chi connectivity index (χ4n) is 2.53. The fourth-order valence-corrected chi connectivity index (χ4v) is 2.53. The molecule has 1 atom stereocenters. The van der Waals surface area contributed by atoms with Crippen LogP contribution in [0.15, 0.2) is 12.2 Å². The predicted molar refractivity (Wildman–Crippen MR) is 58.3 cm³/mol. The molecule has 0 spiro atoms. The van der Waals surface area contributed by atoms with Crippen LogP contribution >= 0.6 is 0 Å². The number of carbonyl (C=O) groups excluding carboxylic acids is 1. The summed E-state index contributed by atoms with van der Waals surface area (Å²) in [6.45, 7) is 0.951. The van der Waals surface area contributed by atoms with Gasteiger partial charge in [0, 0.05) is 12.5 Å². The van der Waals surface area contributed by atoms with Crippen LogP contribution in [0.25, 0.3) is 0 Å². The highest BCUT2D eigenvalue weighted by atomic mass is 16.3. The van der Waals surface area contributed by atoms with Gasteiger partial charge in [-0.2, -0.15) is 0 Å². The van der Waals surface area contributed by atoms with Gasteiger partial charge in [-0.3, -0.25) is 4.79 Å². The summed E-state index contributed by atoms with van der Waals surface area (Å²) in [6, 6.07) is 0.0758. The van der Waals surface area contributed by atoms with E-state index in [0.29, 0.717) is 0 Å². The van der Waals surface area contributed by atoms with Crippen LogP contribution in [-0.4, -0.2) is 35.1 Å². The zero-order chi connectivity index (χ0) is 10.7. The Kier molecular flexibility index (Phi) is 3.41. The largest absolute Gasteiger partial charge is 0.394 e. The van der Waals surface area contributed by atoms with E-state index in [0.717, 1.165) is 38.6 Å². The molecule has 0 aromatic carbocycles. The molecular weight excluding hydrogens is 190 g/mol. The van der Waals surface area contributed by atoms with E-state index in [2.05, 4.69) is 12.2 Å². The van der Waals surface area contributed by atoms with Gasteiger partial charge in [0.25, 0.3) is 0 Å². The van der Waals surface area contributed by atoms with Crippen molar-refractivity contribution in [3.63, 3.8) is 0 Å². The lowest BCUT2D eigenvalue weighted by Crippen LogP contribution is -2.47. The smallest absolute Gasteiger partial charge is 0.226 e. The number of likely N-dealkylation sites (tertiary alicyclic amines) is 1. The lowest BCUT2D eigenvalue weighted by Gasteiger charge is -2.36. The molecule has 1 unspecified atom stereocenters. The molecule has 1 aliphatic heterocycles. The first-order valence-electron chi connectivity index (χ1n) is 5.89. The number of aliphatic hydroxyl groups is 1. The number of hydrogen-bond acceptors (Lipinski definition) is 2. The maximum absolute atomic E-state index is 12.1. The molecule has 3 heteroatoms. The summed E-state index contributed by atoms with van der Waals surface area (Å²) in [7, 11) is 0. The molecule has 2 rings (SSSR count). The van der Waals surface area contributed by atoms with Gasteiger partial charge in [-0.15, -0.1) is 0 Å². The van der Waals surface area contributed by atoms with Crippen molar-refractivity contribution in [2.45, 2.75) is 38.1 Å². The summed E-state index contributed by atoms with van der Waals surface area (Å²) in [5.74, 6) is 0.399. The van der Waals surface area contributed by atoms with Crippen LogP contribution < -0.4 is 0 Å². The van der Waals surface area contributed by atoms with E-state index < -0.39 is 0 Å². The molecular formula is C12H19NO2. The monoisotopic (exact) mass is 209 g/mol. The summed E-state index contributed by atoms with van der Waals surface area (Å²) >= 11 is 0. The van der Waals surface area contributed by atoms with E-state index in [1.54, 1.807) is 0 Å². The van der Waals surface area contributed by atoms with Gasteiger partial charge in [-0.25, -0.2) is 0 Å². The molecule has 1 saturated heterocycles. The van der Waals surface area contributed by atoms with Crippen LogP contribution in [0.5, 0.6) is 0 Å². The van der Waals surface area contributed by atoms with Crippen molar-refractivity contribution in [2.24, 2.45) is 5.92 Å². The summed E-state index contributed by atoms with van der Waals surface area (Å²) in [6.07, 6.45) is 9.12. The molecule has 0 aromatic rings. The Morgan fingerprint density at radius 1 is 1.33 bits per heavy atom. The van der Waals surface area contributed by atoms with Crippen LogP contribution in [0.3, 0.4) is 0 Å². The SMILES string of the molecule is O=C(C1CC=CC1)N1CCCCC1CO. The Balaban J connectivity index is 1.97. The second-order valence-electron chi connectivity index (χ2n) is 4.50. The van der Waals surface area contributed by atoms with E-state index in [4.69, 9.17) is 0 Å². The maximum atomic E-state index is 12.1. The summed E-state index contributed by atoms with van der Waals surface area (Å²) in [5.41, 5.74) is 0. The van der Waals surface area contributed by atoms with E-state index in [1.165, 1.54) is 0 Å². The Morgan fingerprint density at radius 2 is 2.07 bits per heavy atom. The number of aliphatic hydroxyl groups excluding tert-OH is 1. The van der Waals surface area contributed by atoms with Gasteiger partial charge in [-0.1, -0.05) is 12.2 Å². The van der Waals surface area contributed by atoms with Gasteiger partial charge in [0.2, 0.25) is 5.91 Å². The van der Waals surface area contributed by atoms with Crippen LogP contribution in [0, 0.1) is 5.92 Å². The van der Waals surface area contributed by atoms with E-state index in [-0.39, 0.29) is 24.5 Å². The summed E-state index contributed by atoms with van der Waals surface area (Å²) in [4.78, 5) is 14.0.